The van der Waals surface area contributed by atoms with Crippen molar-refractivity contribution in [2.24, 2.45) is 11.7 Å². The van der Waals surface area contributed by atoms with Gasteiger partial charge in [-0.05, 0) is 29.8 Å². The molecule has 0 aromatic heterocycles. The van der Waals surface area contributed by atoms with Crippen molar-refractivity contribution in [3.05, 3.63) is 59.7 Å². The number of carbonyl (C=O) groups excluding carboxylic acids is 1. The SMILES string of the molecule is CC(COc1ccccc1)C(=O)Nc1cc(CO)ccc1C(=N)N. The minimum atomic E-state index is -0.400. The molecule has 0 saturated carbocycles. The van der Waals surface area contributed by atoms with E-state index >= 15 is 0 Å². The number of nitrogens with one attached hydrogen (secondary N) is 2. The molecule has 1 atom stereocenters. The van der Waals surface area contributed by atoms with Crippen LogP contribution in [-0.2, 0) is 11.4 Å². The Morgan fingerprint density at radius 3 is 2.62 bits per heavy atom. The van der Waals surface area contributed by atoms with Gasteiger partial charge >= 0.3 is 0 Å². The summed E-state index contributed by atoms with van der Waals surface area (Å²) in [7, 11) is 0. The number of aliphatic hydroxyl groups excluding tert-OH is 1. The van der Waals surface area contributed by atoms with Crippen LogP contribution in [0.3, 0.4) is 0 Å². The molecule has 0 saturated heterocycles. The summed E-state index contributed by atoms with van der Waals surface area (Å²) in [5.74, 6) is -0.0989. The molecule has 2 rings (SSSR count). The van der Waals surface area contributed by atoms with Gasteiger partial charge in [-0.1, -0.05) is 31.2 Å². The number of nitrogen functional groups attached to an aromatic ring is 1. The first-order chi connectivity index (χ1) is 11.5. The number of carbonyl (C=O) groups is 1. The summed E-state index contributed by atoms with van der Waals surface area (Å²) in [4.78, 5) is 12.3. The molecule has 126 valence electrons. The van der Waals surface area contributed by atoms with E-state index in [9.17, 15) is 9.90 Å². The summed E-state index contributed by atoms with van der Waals surface area (Å²) >= 11 is 0. The van der Waals surface area contributed by atoms with Gasteiger partial charge in [-0.25, -0.2) is 0 Å². The zero-order chi connectivity index (χ0) is 17.5. The Morgan fingerprint density at radius 1 is 1.29 bits per heavy atom. The summed E-state index contributed by atoms with van der Waals surface area (Å²) in [6, 6.07) is 14.1. The maximum absolute atomic E-state index is 12.3. The molecule has 1 amide bonds. The van der Waals surface area contributed by atoms with Crippen molar-refractivity contribution < 1.29 is 14.6 Å². The zero-order valence-electron chi connectivity index (χ0n) is 13.5. The highest BCUT2D eigenvalue weighted by Crippen LogP contribution is 2.19. The van der Waals surface area contributed by atoms with Crippen LogP contribution >= 0.6 is 0 Å². The number of amidine groups is 1. The zero-order valence-corrected chi connectivity index (χ0v) is 13.5. The quantitative estimate of drug-likeness (QED) is 0.461. The summed E-state index contributed by atoms with van der Waals surface area (Å²) in [5, 5.41) is 19.6. The molecular weight excluding hydrogens is 306 g/mol. The molecule has 24 heavy (non-hydrogen) atoms. The van der Waals surface area contributed by atoms with Crippen molar-refractivity contribution in [2.45, 2.75) is 13.5 Å². The highest BCUT2D eigenvalue weighted by molar-refractivity contribution is 6.04. The molecule has 0 aliphatic heterocycles. The molecule has 2 aromatic carbocycles. The standard InChI is InChI=1S/C18H21N3O3/c1-12(11-24-14-5-3-2-4-6-14)18(23)21-16-9-13(10-22)7-8-15(16)17(19)20/h2-9,12,22H,10-11H2,1H3,(H3,19,20)(H,21,23). The van der Waals surface area contributed by atoms with Crippen LogP contribution < -0.4 is 15.8 Å². The van der Waals surface area contributed by atoms with Crippen LogP contribution in [0.5, 0.6) is 5.75 Å². The lowest BCUT2D eigenvalue weighted by atomic mass is 10.1. The van der Waals surface area contributed by atoms with Crippen molar-refractivity contribution in [1.29, 1.82) is 5.41 Å². The first-order valence-corrected chi connectivity index (χ1v) is 7.58. The molecule has 0 fully saturated rings. The fourth-order valence-electron chi connectivity index (χ4n) is 2.10. The highest BCUT2D eigenvalue weighted by Gasteiger charge is 2.16. The van der Waals surface area contributed by atoms with E-state index in [0.29, 0.717) is 22.6 Å². The molecule has 1 unspecified atom stereocenters. The van der Waals surface area contributed by atoms with Gasteiger partial charge in [-0.15, -0.1) is 0 Å². The van der Waals surface area contributed by atoms with E-state index in [4.69, 9.17) is 15.9 Å². The van der Waals surface area contributed by atoms with E-state index < -0.39 is 5.92 Å². The number of amides is 1. The van der Waals surface area contributed by atoms with Crippen molar-refractivity contribution in [1.82, 2.24) is 0 Å². The summed E-state index contributed by atoms with van der Waals surface area (Å²) in [6.07, 6.45) is 0. The van der Waals surface area contributed by atoms with Gasteiger partial charge in [0.15, 0.2) is 0 Å². The molecule has 0 radical (unpaired) electrons. The predicted molar refractivity (Wildman–Crippen MR) is 93.1 cm³/mol. The van der Waals surface area contributed by atoms with Gasteiger partial charge in [0.25, 0.3) is 0 Å². The van der Waals surface area contributed by atoms with Gasteiger partial charge in [-0.2, -0.15) is 0 Å². The third kappa shape index (κ3) is 4.57. The molecular formula is C18H21N3O3. The van der Waals surface area contributed by atoms with Gasteiger partial charge in [0.05, 0.1) is 24.8 Å². The van der Waals surface area contributed by atoms with Crippen molar-refractivity contribution >= 4 is 17.4 Å². The fourth-order valence-corrected chi connectivity index (χ4v) is 2.10. The Bertz CT molecular complexity index is 717. The number of ether oxygens (including phenoxy) is 1. The van der Waals surface area contributed by atoms with Crippen molar-refractivity contribution in [3.63, 3.8) is 0 Å². The normalized spacial score (nSPS) is 11.6. The van der Waals surface area contributed by atoms with Crippen LogP contribution in [0.25, 0.3) is 0 Å². The Kier molecular flexibility index (Phi) is 5.92. The van der Waals surface area contributed by atoms with Gasteiger partial charge in [-0.3, -0.25) is 10.2 Å². The van der Waals surface area contributed by atoms with Crippen molar-refractivity contribution in [2.75, 3.05) is 11.9 Å². The molecule has 0 spiro atoms. The summed E-state index contributed by atoms with van der Waals surface area (Å²) in [6.45, 7) is 1.82. The van der Waals surface area contributed by atoms with Crippen LogP contribution in [0.1, 0.15) is 18.1 Å². The third-order valence-corrected chi connectivity index (χ3v) is 3.51. The monoisotopic (exact) mass is 327 g/mol. The van der Waals surface area contributed by atoms with Crippen LogP contribution in [0.2, 0.25) is 0 Å². The molecule has 0 bridgehead atoms. The van der Waals surface area contributed by atoms with E-state index in [1.807, 2.05) is 30.3 Å². The summed E-state index contributed by atoms with van der Waals surface area (Å²) < 4.78 is 5.58. The maximum atomic E-state index is 12.3. The van der Waals surface area contributed by atoms with Gasteiger partial charge in [0.1, 0.15) is 11.6 Å². The third-order valence-electron chi connectivity index (χ3n) is 3.51. The number of nitrogens with two attached hydrogens (primary N) is 1. The Balaban J connectivity index is 2.04. The molecule has 5 N–H and O–H groups in total. The second-order valence-corrected chi connectivity index (χ2v) is 5.47. The number of para-hydroxylation sites is 1. The average Bonchev–Trinajstić information content (AvgIpc) is 2.60. The number of rotatable bonds is 7. The number of benzene rings is 2. The van der Waals surface area contributed by atoms with E-state index in [1.165, 1.54) is 0 Å². The van der Waals surface area contributed by atoms with Gasteiger partial charge in [0.2, 0.25) is 5.91 Å². The molecule has 2 aromatic rings. The number of aliphatic hydroxyl groups is 1. The van der Waals surface area contributed by atoms with Gasteiger partial charge < -0.3 is 20.9 Å². The number of hydrogen-bond donors (Lipinski definition) is 4. The fraction of sp³-hybridized carbons (Fsp3) is 0.222. The second-order valence-electron chi connectivity index (χ2n) is 5.47. The first kappa shape index (κ1) is 17.5. The molecule has 6 heteroatoms. The minimum Gasteiger partial charge on any atom is -0.493 e. The predicted octanol–water partition coefficient (Wildman–Crippen LogP) is 2.12. The molecule has 0 aliphatic rings. The average molecular weight is 327 g/mol. The highest BCUT2D eigenvalue weighted by atomic mass is 16.5. The van der Waals surface area contributed by atoms with Crippen LogP contribution in [-0.4, -0.2) is 23.5 Å². The summed E-state index contributed by atoms with van der Waals surface area (Å²) in [5.41, 5.74) is 6.99. The van der Waals surface area contributed by atoms with Crippen LogP contribution in [0, 0.1) is 11.3 Å². The van der Waals surface area contributed by atoms with E-state index in [-0.39, 0.29) is 25.0 Å². The largest absolute Gasteiger partial charge is 0.493 e. The second kappa shape index (κ2) is 8.12. The first-order valence-electron chi connectivity index (χ1n) is 7.58. The molecule has 0 heterocycles. The van der Waals surface area contributed by atoms with Crippen LogP contribution in [0.15, 0.2) is 48.5 Å². The van der Waals surface area contributed by atoms with Gasteiger partial charge in [0, 0.05) is 5.56 Å². The number of anilines is 1. The lowest BCUT2D eigenvalue weighted by molar-refractivity contribution is -0.120. The Hall–Kier alpha value is -2.86. The number of hydrogen-bond acceptors (Lipinski definition) is 4. The minimum absolute atomic E-state index is 0.150. The molecule has 6 nitrogen and oxygen atoms in total. The van der Waals surface area contributed by atoms with E-state index in [1.54, 1.807) is 25.1 Å². The maximum Gasteiger partial charge on any atom is 0.230 e. The molecule has 0 aliphatic carbocycles. The van der Waals surface area contributed by atoms with Crippen molar-refractivity contribution in [3.8, 4) is 5.75 Å². The lowest BCUT2D eigenvalue weighted by Crippen LogP contribution is -2.27. The smallest absolute Gasteiger partial charge is 0.230 e. The van der Waals surface area contributed by atoms with E-state index in [0.717, 1.165) is 0 Å². The Labute approximate surface area is 140 Å². The topological polar surface area (TPSA) is 108 Å². The Morgan fingerprint density at radius 2 is 2.00 bits per heavy atom. The van der Waals surface area contributed by atoms with E-state index in [2.05, 4.69) is 5.32 Å². The lowest BCUT2D eigenvalue weighted by Gasteiger charge is -2.16. The van der Waals surface area contributed by atoms with Crippen LogP contribution in [0.4, 0.5) is 5.69 Å².